The molecule has 2 fully saturated rings. The fourth-order valence-electron chi connectivity index (χ4n) is 4.21. The van der Waals surface area contributed by atoms with Crippen LogP contribution in [0.4, 0.5) is 0 Å². The number of hydrogen-bond acceptors (Lipinski definition) is 3. The number of Topliss-reactive ketones (excluding diaryl/α,β-unsaturated/α-hetero) is 1. The molecule has 0 bridgehead atoms. The lowest BCUT2D eigenvalue weighted by atomic mass is 9.98. The molecule has 0 N–H and O–H groups in total. The van der Waals surface area contributed by atoms with Gasteiger partial charge < -0.3 is 4.90 Å². The van der Waals surface area contributed by atoms with Gasteiger partial charge in [0.15, 0.2) is 5.78 Å². The highest BCUT2D eigenvalue weighted by molar-refractivity contribution is 5.92. The number of carbonyl (C=O) groups excluding carboxylic acids is 2. The maximum absolute atomic E-state index is 13.5. The molecule has 1 aromatic carbocycles. The average molecular weight is 342 g/mol. The summed E-state index contributed by atoms with van der Waals surface area (Å²) >= 11 is 0. The summed E-state index contributed by atoms with van der Waals surface area (Å²) in [6.45, 7) is 6.77. The van der Waals surface area contributed by atoms with E-state index in [9.17, 15) is 9.59 Å². The van der Waals surface area contributed by atoms with E-state index in [4.69, 9.17) is 0 Å². The third-order valence-corrected chi connectivity index (χ3v) is 5.37. The predicted octanol–water partition coefficient (Wildman–Crippen LogP) is 3.43. The van der Waals surface area contributed by atoms with Crippen molar-refractivity contribution in [2.75, 3.05) is 19.6 Å². The van der Waals surface area contributed by atoms with Gasteiger partial charge in [-0.2, -0.15) is 0 Å². The highest BCUT2D eigenvalue weighted by atomic mass is 16.2. The number of benzene rings is 1. The Labute approximate surface area is 151 Å². The van der Waals surface area contributed by atoms with Gasteiger partial charge in [0.25, 0.3) is 0 Å². The summed E-state index contributed by atoms with van der Waals surface area (Å²) in [6, 6.07) is 9.61. The minimum atomic E-state index is -0.240. The first-order chi connectivity index (χ1) is 12.1. The largest absolute Gasteiger partial charge is 0.331 e. The Morgan fingerprint density at radius 3 is 2.36 bits per heavy atom. The van der Waals surface area contributed by atoms with Crippen LogP contribution in [0.15, 0.2) is 30.3 Å². The Morgan fingerprint density at radius 2 is 1.72 bits per heavy atom. The van der Waals surface area contributed by atoms with Crippen LogP contribution in [0.25, 0.3) is 0 Å². The number of ketones is 1. The molecule has 2 saturated heterocycles. The number of hydrogen-bond donors (Lipinski definition) is 0. The average Bonchev–Trinajstić information content (AvgIpc) is 3.27. The van der Waals surface area contributed by atoms with Crippen LogP contribution in [0.5, 0.6) is 0 Å². The molecule has 2 heterocycles. The molecule has 0 radical (unpaired) electrons. The summed E-state index contributed by atoms with van der Waals surface area (Å²) in [6.07, 6.45) is 4.60. The molecule has 4 nitrogen and oxygen atoms in total. The standard InChI is InChI=1S/C21H30N2O2/c1-16(2)15-19(24)18-11-8-14-23(18)21(25)20(22-12-6-7-13-22)17-9-4-3-5-10-17/h3-5,9-10,16,18,20H,6-8,11-15H2,1-2H3. The van der Waals surface area contributed by atoms with Gasteiger partial charge in [0.1, 0.15) is 6.04 Å². The van der Waals surface area contributed by atoms with Crippen molar-refractivity contribution in [1.82, 2.24) is 9.80 Å². The Balaban J connectivity index is 1.82. The van der Waals surface area contributed by atoms with Crippen molar-refractivity contribution in [3.63, 3.8) is 0 Å². The molecule has 2 aliphatic heterocycles. The monoisotopic (exact) mass is 342 g/mol. The SMILES string of the molecule is CC(C)CC(=O)C1CCCN1C(=O)C(c1ccccc1)N1CCCC1. The van der Waals surface area contributed by atoms with Gasteiger partial charge in [-0.1, -0.05) is 44.2 Å². The summed E-state index contributed by atoms with van der Waals surface area (Å²) in [4.78, 5) is 30.3. The molecule has 0 spiro atoms. The van der Waals surface area contributed by atoms with E-state index in [1.807, 2.05) is 35.2 Å². The second kappa shape index (κ2) is 8.13. The zero-order chi connectivity index (χ0) is 17.8. The molecular weight excluding hydrogens is 312 g/mol. The number of likely N-dealkylation sites (tertiary alicyclic amines) is 2. The van der Waals surface area contributed by atoms with Crippen molar-refractivity contribution in [1.29, 1.82) is 0 Å². The Kier molecular flexibility index (Phi) is 5.89. The number of carbonyl (C=O) groups is 2. The molecule has 3 rings (SSSR count). The predicted molar refractivity (Wildman–Crippen MR) is 99.2 cm³/mol. The maximum Gasteiger partial charge on any atom is 0.245 e. The fraction of sp³-hybridized carbons (Fsp3) is 0.619. The minimum Gasteiger partial charge on any atom is -0.331 e. The van der Waals surface area contributed by atoms with Crippen molar-refractivity contribution < 1.29 is 9.59 Å². The first-order valence-electron chi connectivity index (χ1n) is 9.70. The zero-order valence-corrected chi connectivity index (χ0v) is 15.5. The highest BCUT2D eigenvalue weighted by Crippen LogP contribution is 2.31. The van der Waals surface area contributed by atoms with Crippen molar-refractivity contribution >= 4 is 11.7 Å². The molecular formula is C21H30N2O2. The van der Waals surface area contributed by atoms with Gasteiger partial charge in [0, 0.05) is 13.0 Å². The van der Waals surface area contributed by atoms with Gasteiger partial charge in [-0.05, 0) is 50.3 Å². The number of amides is 1. The van der Waals surface area contributed by atoms with Gasteiger partial charge in [0.2, 0.25) is 5.91 Å². The Hall–Kier alpha value is -1.68. The molecule has 136 valence electrons. The minimum absolute atomic E-state index is 0.118. The first kappa shape index (κ1) is 18.1. The van der Waals surface area contributed by atoms with Crippen molar-refractivity contribution in [3.05, 3.63) is 35.9 Å². The first-order valence-corrected chi connectivity index (χ1v) is 9.70. The highest BCUT2D eigenvalue weighted by Gasteiger charge is 2.39. The van der Waals surface area contributed by atoms with Crippen LogP contribution in [0.1, 0.15) is 57.6 Å². The molecule has 1 amide bonds. The lowest BCUT2D eigenvalue weighted by Gasteiger charge is -2.33. The Bertz CT molecular complexity index is 593. The number of nitrogens with zero attached hydrogens (tertiary/aromatic N) is 2. The number of rotatable bonds is 6. The molecule has 0 aliphatic carbocycles. The molecule has 2 atom stereocenters. The molecule has 2 aliphatic rings. The van der Waals surface area contributed by atoms with E-state index in [0.717, 1.165) is 44.3 Å². The molecule has 0 aromatic heterocycles. The maximum atomic E-state index is 13.5. The lowest BCUT2D eigenvalue weighted by molar-refractivity contribution is -0.142. The van der Waals surface area contributed by atoms with Crippen LogP contribution >= 0.6 is 0 Å². The molecule has 0 saturated carbocycles. The molecule has 2 unspecified atom stereocenters. The summed E-state index contributed by atoms with van der Waals surface area (Å²) in [7, 11) is 0. The van der Waals surface area contributed by atoms with Gasteiger partial charge in [-0.15, -0.1) is 0 Å². The summed E-state index contributed by atoms with van der Waals surface area (Å²) in [5.74, 6) is 0.690. The third kappa shape index (κ3) is 4.12. The van der Waals surface area contributed by atoms with Gasteiger partial charge in [-0.3, -0.25) is 14.5 Å². The van der Waals surface area contributed by atoms with E-state index in [0.29, 0.717) is 18.9 Å². The lowest BCUT2D eigenvalue weighted by Crippen LogP contribution is -2.47. The van der Waals surface area contributed by atoms with Crippen LogP contribution < -0.4 is 0 Å². The van der Waals surface area contributed by atoms with E-state index in [-0.39, 0.29) is 23.8 Å². The summed E-state index contributed by atoms with van der Waals surface area (Å²) in [5, 5.41) is 0. The van der Waals surface area contributed by atoms with Crippen molar-refractivity contribution in [2.24, 2.45) is 5.92 Å². The summed E-state index contributed by atoms with van der Waals surface area (Å²) in [5.41, 5.74) is 1.05. The molecule has 4 heteroatoms. The van der Waals surface area contributed by atoms with E-state index in [2.05, 4.69) is 18.7 Å². The quantitative estimate of drug-likeness (QED) is 0.795. The second-order valence-electron chi connectivity index (χ2n) is 7.81. The molecule has 25 heavy (non-hydrogen) atoms. The van der Waals surface area contributed by atoms with E-state index in [1.54, 1.807) is 0 Å². The van der Waals surface area contributed by atoms with Crippen LogP contribution in [-0.2, 0) is 9.59 Å². The van der Waals surface area contributed by atoms with Crippen LogP contribution in [-0.4, -0.2) is 47.2 Å². The van der Waals surface area contributed by atoms with Gasteiger partial charge >= 0.3 is 0 Å². The van der Waals surface area contributed by atoms with Crippen molar-refractivity contribution in [3.8, 4) is 0 Å². The smallest absolute Gasteiger partial charge is 0.245 e. The fourth-order valence-corrected chi connectivity index (χ4v) is 4.21. The molecule has 1 aromatic rings. The van der Waals surface area contributed by atoms with Crippen LogP contribution in [0.3, 0.4) is 0 Å². The van der Waals surface area contributed by atoms with E-state index < -0.39 is 0 Å². The van der Waals surface area contributed by atoms with Crippen LogP contribution in [0, 0.1) is 5.92 Å². The van der Waals surface area contributed by atoms with Crippen molar-refractivity contribution in [2.45, 2.75) is 58.0 Å². The normalized spacial score (nSPS) is 22.5. The summed E-state index contributed by atoms with van der Waals surface area (Å²) < 4.78 is 0. The topological polar surface area (TPSA) is 40.6 Å². The van der Waals surface area contributed by atoms with Gasteiger partial charge in [-0.25, -0.2) is 0 Å². The van der Waals surface area contributed by atoms with E-state index in [1.165, 1.54) is 0 Å². The van der Waals surface area contributed by atoms with Crippen LogP contribution in [0.2, 0.25) is 0 Å². The van der Waals surface area contributed by atoms with Gasteiger partial charge in [0.05, 0.1) is 6.04 Å². The third-order valence-electron chi connectivity index (χ3n) is 5.37. The zero-order valence-electron chi connectivity index (χ0n) is 15.5. The second-order valence-corrected chi connectivity index (χ2v) is 7.81. The Morgan fingerprint density at radius 1 is 1.04 bits per heavy atom. The van der Waals surface area contributed by atoms with E-state index >= 15 is 0 Å².